The number of aryl methyl sites for hydroxylation is 1. The number of ether oxygens (including phenoxy) is 2. The molecule has 1 aliphatic heterocycles. The summed E-state index contributed by atoms with van der Waals surface area (Å²) in [5.74, 6) is 0.745. The second kappa shape index (κ2) is 5.61. The van der Waals surface area contributed by atoms with Crippen molar-refractivity contribution in [1.82, 2.24) is 4.90 Å². The van der Waals surface area contributed by atoms with Gasteiger partial charge in [-0.2, -0.15) is 0 Å². The van der Waals surface area contributed by atoms with Crippen molar-refractivity contribution >= 4 is 5.91 Å². The summed E-state index contributed by atoms with van der Waals surface area (Å²) in [6.45, 7) is 7.89. The first-order valence-electron chi connectivity index (χ1n) is 6.57. The summed E-state index contributed by atoms with van der Waals surface area (Å²) in [7, 11) is 0. The summed E-state index contributed by atoms with van der Waals surface area (Å²) in [4.78, 5) is 14.1. The maximum absolute atomic E-state index is 12.2. The monoisotopic (exact) mass is 263 g/mol. The van der Waals surface area contributed by atoms with Crippen LogP contribution < -0.4 is 4.74 Å². The normalized spacial score (nSPS) is 18.2. The Labute approximate surface area is 114 Å². The van der Waals surface area contributed by atoms with Crippen molar-refractivity contribution in [1.29, 1.82) is 0 Å². The number of benzene rings is 1. The molecule has 0 N–H and O–H groups in total. The van der Waals surface area contributed by atoms with E-state index in [0.29, 0.717) is 19.8 Å². The van der Waals surface area contributed by atoms with E-state index in [1.807, 2.05) is 49.9 Å². The van der Waals surface area contributed by atoms with Gasteiger partial charge in [0.25, 0.3) is 5.91 Å². The van der Waals surface area contributed by atoms with Gasteiger partial charge in [-0.25, -0.2) is 0 Å². The van der Waals surface area contributed by atoms with Gasteiger partial charge in [0.2, 0.25) is 0 Å². The predicted octanol–water partition coefficient (Wildman–Crippen LogP) is 2.01. The Morgan fingerprint density at radius 3 is 2.95 bits per heavy atom. The largest absolute Gasteiger partial charge is 0.484 e. The lowest BCUT2D eigenvalue weighted by Crippen LogP contribution is -2.56. The third-order valence-electron chi connectivity index (χ3n) is 3.30. The molecule has 2 rings (SSSR count). The van der Waals surface area contributed by atoms with Crippen LogP contribution in [-0.4, -0.2) is 42.7 Å². The van der Waals surface area contributed by atoms with Crippen molar-refractivity contribution in [2.24, 2.45) is 0 Å². The average molecular weight is 263 g/mol. The van der Waals surface area contributed by atoms with Gasteiger partial charge in [0.15, 0.2) is 6.61 Å². The second-order valence-corrected chi connectivity index (χ2v) is 5.52. The summed E-state index contributed by atoms with van der Waals surface area (Å²) in [5.41, 5.74) is 0.863. The highest BCUT2D eigenvalue weighted by Crippen LogP contribution is 2.19. The van der Waals surface area contributed by atoms with E-state index >= 15 is 0 Å². The predicted molar refractivity (Wildman–Crippen MR) is 73.3 cm³/mol. The molecule has 1 heterocycles. The smallest absolute Gasteiger partial charge is 0.261 e. The van der Waals surface area contributed by atoms with Crippen molar-refractivity contribution < 1.29 is 14.3 Å². The van der Waals surface area contributed by atoms with Crippen LogP contribution in [0.2, 0.25) is 0 Å². The molecule has 0 atom stereocenters. The molecule has 1 amide bonds. The highest BCUT2D eigenvalue weighted by molar-refractivity contribution is 5.78. The van der Waals surface area contributed by atoms with Crippen molar-refractivity contribution in [2.45, 2.75) is 26.3 Å². The van der Waals surface area contributed by atoms with E-state index in [9.17, 15) is 4.79 Å². The van der Waals surface area contributed by atoms with E-state index in [2.05, 4.69) is 0 Å². The maximum atomic E-state index is 12.2. The van der Waals surface area contributed by atoms with Crippen LogP contribution in [0.1, 0.15) is 19.4 Å². The summed E-state index contributed by atoms with van der Waals surface area (Å²) in [5, 5.41) is 0. The molecule has 0 aromatic heterocycles. The van der Waals surface area contributed by atoms with Gasteiger partial charge in [0, 0.05) is 6.54 Å². The van der Waals surface area contributed by atoms with Crippen molar-refractivity contribution in [3.63, 3.8) is 0 Å². The standard InChI is InChI=1S/C15H21NO3/c1-12-5-4-6-13(9-12)19-10-14(17)16-7-8-18-11-15(16,2)3/h4-6,9H,7-8,10-11H2,1-3H3. The lowest BCUT2D eigenvalue weighted by molar-refractivity contribution is -0.148. The van der Waals surface area contributed by atoms with Crippen LogP contribution in [0.4, 0.5) is 0 Å². The van der Waals surface area contributed by atoms with Gasteiger partial charge in [0.05, 0.1) is 18.8 Å². The van der Waals surface area contributed by atoms with Crippen molar-refractivity contribution in [3.8, 4) is 5.75 Å². The fraction of sp³-hybridized carbons (Fsp3) is 0.533. The zero-order valence-electron chi connectivity index (χ0n) is 11.8. The number of morpholine rings is 1. The van der Waals surface area contributed by atoms with E-state index in [1.54, 1.807) is 0 Å². The number of hydrogen-bond donors (Lipinski definition) is 0. The Morgan fingerprint density at radius 2 is 2.26 bits per heavy atom. The third kappa shape index (κ3) is 3.47. The Morgan fingerprint density at radius 1 is 1.47 bits per heavy atom. The number of rotatable bonds is 3. The van der Waals surface area contributed by atoms with Crippen LogP contribution >= 0.6 is 0 Å². The third-order valence-corrected chi connectivity index (χ3v) is 3.30. The first-order valence-corrected chi connectivity index (χ1v) is 6.57. The van der Waals surface area contributed by atoms with Crippen LogP contribution in [0, 0.1) is 6.92 Å². The molecule has 4 nitrogen and oxygen atoms in total. The molecule has 1 fully saturated rings. The van der Waals surface area contributed by atoms with Gasteiger partial charge in [-0.15, -0.1) is 0 Å². The van der Waals surface area contributed by atoms with Gasteiger partial charge >= 0.3 is 0 Å². The molecule has 0 saturated carbocycles. The molecule has 104 valence electrons. The molecule has 1 aromatic rings. The molecule has 0 aliphatic carbocycles. The highest BCUT2D eigenvalue weighted by Gasteiger charge is 2.34. The molecular weight excluding hydrogens is 242 g/mol. The van der Waals surface area contributed by atoms with Crippen molar-refractivity contribution in [3.05, 3.63) is 29.8 Å². The minimum atomic E-state index is -0.259. The maximum Gasteiger partial charge on any atom is 0.261 e. The summed E-state index contributed by atoms with van der Waals surface area (Å²) < 4.78 is 11.0. The molecule has 0 unspecified atom stereocenters. The van der Waals surface area contributed by atoms with Crippen LogP contribution in [0.15, 0.2) is 24.3 Å². The highest BCUT2D eigenvalue weighted by atomic mass is 16.5. The Kier molecular flexibility index (Phi) is 4.10. The minimum absolute atomic E-state index is 0.00908. The van der Waals surface area contributed by atoms with Gasteiger partial charge < -0.3 is 14.4 Å². The number of carbonyl (C=O) groups is 1. The summed E-state index contributed by atoms with van der Waals surface area (Å²) in [6, 6.07) is 7.72. The molecule has 0 spiro atoms. The fourth-order valence-corrected chi connectivity index (χ4v) is 2.25. The summed E-state index contributed by atoms with van der Waals surface area (Å²) >= 11 is 0. The quantitative estimate of drug-likeness (QED) is 0.837. The number of hydrogen-bond acceptors (Lipinski definition) is 3. The Balaban J connectivity index is 1.94. The SMILES string of the molecule is Cc1cccc(OCC(=O)N2CCOCC2(C)C)c1. The van der Waals surface area contributed by atoms with Crippen LogP contribution in [0.5, 0.6) is 5.75 Å². The van der Waals surface area contributed by atoms with E-state index in [-0.39, 0.29) is 18.1 Å². The number of amides is 1. The molecule has 1 saturated heterocycles. The van der Waals surface area contributed by atoms with Crippen LogP contribution in [0.25, 0.3) is 0 Å². The number of nitrogens with zero attached hydrogens (tertiary/aromatic N) is 1. The van der Waals surface area contributed by atoms with E-state index in [4.69, 9.17) is 9.47 Å². The van der Waals surface area contributed by atoms with Gasteiger partial charge in [-0.05, 0) is 38.5 Å². The Hall–Kier alpha value is -1.55. The zero-order chi connectivity index (χ0) is 13.9. The summed E-state index contributed by atoms with van der Waals surface area (Å²) in [6.07, 6.45) is 0. The lowest BCUT2D eigenvalue weighted by Gasteiger charge is -2.42. The molecule has 0 radical (unpaired) electrons. The second-order valence-electron chi connectivity index (χ2n) is 5.52. The van der Waals surface area contributed by atoms with E-state index < -0.39 is 0 Å². The molecule has 19 heavy (non-hydrogen) atoms. The van der Waals surface area contributed by atoms with Crippen molar-refractivity contribution in [2.75, 3.05) is 26.4 Å². The van der Waals surface area contributed by atoms with Gasteiger partial charge in [-0.3, -0.25) is 4.79 Å². The average Bonchev–Trinajstić information content (AvgIpc) is 2.35. The van der Waals surface area contributed by atoms with Crippen LogP contribution in [0.3, 0.4) is 0 Å². The first-order chi connectivity index (χ1) is 8.99. The van der Waals surface area contributed by atoms with E-state index in [1.165, 1.54) is 0 Å². The number of carbonyl (C=O) groups excluding carboxylic acids is 1. The van der Waals surface area contributed by atoms with Gasteiger partial charge in [-0.1, -0.05) is 12.1 Å². The molecule has 1 aliphatic rings. The lowest BCUT2D eigenvalue weighted by atomic mass is 10.0. The molecule has 0 bridgehead atoms. The topological polar surface area (TPSA) is 38.8 Å². The first kappa shape index (κ1) is 13.9. The van der Waals surface area contributed by atoms with Crippen LogP contribution in [-0.2, 0) is 9.53 Å². The minimum Gasteiger partial charge on any atom is -0.484 e. The molecule has 1 aromatic carbocycles. The zero-order valence-corrected chi connectivity index (χ0v) is 11.8. The fourth-order valence-electron chi connectivity index (χ4n) is 2.25. The molecular formula is C15H21NO3. The van der Waals surface area contributed by atoms with E-state index in [0.717, 1.165) is 11.3 Å². The Bertz CT molecular complexity index is 456. The molecule has 4 heteroatoms. The van der Waals surface area contributed by atoms with Gasteiger partial charge in [0.1, 0.15) is 5.75 Å².